The van der Waals surface area contributed by atoms with Gasteiger partial charge in [0.2, 0.25) is 0 Å². The number of rotatable bonds is 0. The Morgan fingerprint density at radius 1 is 1.08 bits per heavy atom. The van der Waals surface area contributed by atoms with Crippen molar-refractivity contribution < 1.29 is 19.1 Å². The molecule has 0 saturated heterocycles. The minimum absolute atomic E-state index is 0.00446. The quantitative estimate of drug-likeness (QED) is 0.667. The van der Waals surface area contributed by atoms with E-state index in [1.807, 2.05) is 6.92 Å². The molecule has 2 aliphatic heterocycles. The van der Waals surface area contributed by atoms with E-state index in [0.29, 0.717) is 24.4 Å². The van der Waals surface area contributed by atoms with Gasteiger partial charge in [0.05, 0.1) is 5.57 Å². The van der Waals surface area contributed by atoms with E-state index in [4.69, 9.17) is 9.47 Å². The molecule has 0 N–H and O–H groups in total. The number of ketones is 2. The van der Waals surface area contributed by atoms with Gasteiger partial charge in [-0.05, 0) is 50.5 Å². The van der Waals surface area contributed by atoms with Gasteiger partial charge in [0.25, 0.3) is 5.95 Å². The standard InChI is InChI=1S/C21H28O4/c1-12-10-14(22)13-11-16-20(4,25-18(13)24-12)9-6-15-19(2,3)8-7-17(23)21(15,16)5/h7-8,12,15-16H,6,9-11H2,1-5H3/t12-,15-,16-,20-,21-/m1/s1. The second-order valence-corrected chi connectivity index (χ2v) is 9.39. The number of carbonyl (C=O) groups excluding carboxylic acids is 2. The Bertz CT molecular complexity index is 715. The molecule has 0 spiro atoms. The first-order chi connectivity index (χ1) is 11.6. The van der Waals surface area contributed by atoms with E-state index in [0.717, 1.165) is 12.8 Å². The molecule has 25 heavy (non-hydrogen) atoms. The summed E-state index contributed by atoms with van der Waals surface area (Å²) in [6, 6.07) is 0. The van der Waals surface area contributed by atoms with Gasteiger partial charge in [-0.3, -0.25) is 9.59 Å². The van der Waals surface area contributed by atoms with Gasteiger partial charge >= 0.3 is 0 Å². The highest BCUT2D eigenvalue weighted by Crippen LogP contribution is 2.62. The summed E-state index contributed by atoms with van der Waals surface area (Å²) in [6.07, 6.45) is 6.48. The maximum Gasteiger partial charge on any atom is 0.286 e. The number of fused-ring (bicyclic) bond motifs is 3. The molecule has 0 amide bonds. The normalized spacial score (nSPS) is 45.1. The molecule has 136 valence electrons. The second-order valence-electron chi connectivity index (χ2n) is 9.39. The summed E-state index contributed by atoms with van der Waals surface area (Å²) in [4.78, 5) is 25.6. The van der Waals surface area contributed by atoms with Crippen molar-refractivity contribution in [3.8, 4) is 0 Å². The molecule has 0 radical (unpaired) electrons. The highest BCUT2D eigenvalue weighted by molar-refractivity contribution is 5.98. The molecular weight excluding hydrogens is 316 g/mol. The van der Waals surface area contributed by atoms with Crippen LogP contribution in [0.1, 0.15) is 60.3 Å². The van der Waals surface area contributed by atoms with Crippen molar-refractivity contribution in [1.82, 2.24) is 0 Å². The van der Waals surface area contributed by atoms with Crippen LogP contribution in [0.25, 0.3) is 0 Å². The Kier molecular flexibility index (Phi) is 3.36. The third kappa shape index (κ3) is 2.18. The third-order valence-electron chi connectivity index (χ3n) is 7.31. The first kappa shape index (κ1) is 16.9. The molecule has 0 bridgehead atoms. The molecule has 4 rings (SSSR count). The van der Waals surface area contributed by atoms with Crippen molar-refractivity contribution >= 4 is 11.6 Å². The maximum atomic E-state index is 13.1. The van der Waals surface area contributed by atoms with Crippen LogP contribution in [0.5, 0.6) is 0 Å². The Labute approximate surface area is 149 Å². The van der Waals surface area contributed by atoms with Crippen LogP contribution >= 0.6 is 0 Å². The summed E-state index contributed by atoms with van der Waals surface area (Å²) in [6.45, 7) is 10.5. The van der Waals surface area contributed by atoms with E-state index >= 15 is 0 Å². The summed E-state index contributed by atoms with van der Waals surface area (Å²) in [7, 11) is 0. The molecule has 0 aromatic heterocycles. The zero-order chi connectivity index (χ0) is 18.2. The van der Waals surface area contributed by atoms with Crippen LogP contribution in [0.15, 0.2) is 23.7 Å². The fraction of sp³-hybridized carbons (Fsp3) is 0.714. The van der Waals surface area contributed by atoms with E-state index in [2.05, 4.69) is 33.8 Å². The highest BCUT2D eigenvalue weighted by Gasteiger charge is 2.64. The Balaban J connectivity index is 1.81. The number of ether oxygens (including phenoxy) is 2. The van der Waals surface area contributed by atoms with Gasteiger partial charge in [0.1, 0.15) is 11.7 Å². The first-order valence-electron chi connectivity index (χ1n) is 9.43. The van der Waals surface area contributed by atoms with Gasteiger partial charge in [0.15, 0.2) is 11.6 Å². The molecular formula is C21H28O4. The van der Waals surface area contributed by atoms with E-state index < -0.39 is 11.0 Å². The van der Waals surface area contributed by atoms with Gasteiger partial charge in [-0.1, -0.05) is 26.8 Å². The summed E-state index contributed by atoms with van der Waals surface area (Å²) in [5, 5.41) is 0. The molecule has 0 aromatic rings. The Hall–Kier alpha value is -1.58. The minimum Gasteiger partial charge on any atom is -0.462 e. The van der Waals surface area contributed by atoms with Gasteiger partial charge in [-0.25, -0.2) is 0 Å². The van der Waals surface area contributed by atoms with E-state index in [1.165, 1.54) is 0 Å². The molecule has 1 fully saturated rings. The lowest BCUT2D eigenvalue weighted by atomic mass is 9.45. The SMILES string of the molecule is C[C@@H]1CC(=O)C2=C(O1)O[C@]1(C)CC[C@@H]3C(C)(C)C=CC(=O)[C@@]3(C)[C@@H]1C2. The lowest BCUT2D eigenvalue weighted by molar-refractivity contribution is -0.201. The smallest absolute Gasteiger partial charge is 0.286 e. The number of allylic oxidation sites excluding steroid dienone is 3. The Morgan fingerprint density at radius 3 is 2.52 bits per heavy atom. The number of Topliss-reactive ketones (excluding diaryl/α,β-unsaturated/α-hetero) is 1. The van der Waals surface area contributed by atoms with Crippen molar-refractivity contribution in [2.45, 2.75) is 72.0 Å². The number of carbonyl (C=O) groups is 2. The largest absolute Gasteiger partial charge is 0.462 e. The first-order valence-corrected chi connectivity index (χ1v) is 9.43. The van der Waals surface area contributed by atoms with E-state index in [9.17, 15) is 9.59 Å². The molecule has 1 saturated carbocycles. The van der Waals surface area contributed by atoms with E-state index in [1.54, 1.807) is 6.08 Å². The van der Waals surface area contributed by atoms with Crippen molar-refractivity contribution in [2.75, 3.05) is 0 Å². The van der Waals surface area contributed by atoms with Crippen LogP contribution in [0.2, 0.25) is 0 Å². The zero-order valence-electron chi connectivity index (χ0n) is 15.8. The van der Waals surface area contributed by atoms with Crippen LogP contribution in [0, 0.1) is 22.7 Å². The van der Waals surface area contributed by atoms with Crippen molar-refractivity contribution in [3.63, 3.8) is 0 Å². The molecule has 2 heterocycles. The molecule has 0 unspecified atom stereocenters. The summed E-state index contributed by atoms with van der Waals surface area (Å²) < 4.78 is 12.2. The van der Waals surface area contributed by atoms with Crippen LogP contribution in [0.4, 0.5) is 0 Å². The fourth-order valence-corrected chi connectivity index (χ4v) is 5.90. The van der Waals surface area contributed by atoms with Crippen molar-refractivity contribution in [3.05, 3.63) is 23.7 Å². The highest BCUT2D eigenvalue weighted by atomic mass is 16.7. The molecule has 5 atom stereocenters. The molecule has 0 aromatic carbocycles. The zero-order valence-corrected chi connectivity index (χ0v) is 15.8. The Morgan fingerprint density at radius 2 is 1.80 bits per heavy atom. The van der Waals surface area contributed by atoms with E-state index in [-0.39, 0.29) is 34.9 Å². The lowest BCUT2D eigenvalue weighted by Crippen LogP contribution is -2.62. The topological polar surface area (TPSA) is 52.6 Å². The monoisotopic (exact) mass is 344 g/mol. The van der Waals surface area contributed by atoms with Crippen molar-refractivity contribution in [2.24, 2.45) is 22.7 Å². The number of hydrogen-bond donors (Lipinski definition) is 0. The molecule has 4 aliphatic rings. The predicted octanol–water partition coefficient (Wildman–Crippen LogP) is 3.95. The van der Waals surface area contributed by atoms with Crippen molar-refractivity contribution in [1.29, 1.82) is 0 Å². The maximum absolute atomic E-state index is 13.1. The average molecular weight is 344 g/mol. The molecule has 4 nitrogen and oxygen atoms in total. The lowest BCUT2D eigenvalue weighted by Gasteiger charge is -2.60. The van der Waals surface area contributed by atoms with Crippen LogP contribution in [0.3, 0.4) is 0 Å². The fourth-order valence-electron chi connectivity index (χ4n) is 5.90. The molecule has 2 aliphatic carbocycles. The van der Waals surface area contributed by atoms with Gasteiger partial charge in [0, 0.05) is 17.8 Å². The van der Waals surface area contributed by atoms with Crippen LogP contribution < -0.4 is 0 Å². The van der Waals surface area contributed by atoms with Crippen LogP contribution in [-0.2, 0) is 19.1 Å². The summed E-state index contributed by atoms with van der Waals surface area (Å²) in [5.41, 5.74) is -0.339. The number of hydrogen-bond acceptors (Lipinski definition) is 4. The van der Waals surface area contributed by atoms with Gasteiger partial charge in [-0.15, -0.1) is 0 Å². The van der Waals surface area contributed by atoms with Gasteiger partial charge in [-0.2, -0.15) is 0 Å². The minimum atomic E-state index is -0.507. The molecule has 4 heteroatoms. The summed E-state index contributed by atoms with van der Waals surface area (Å²) >= 11 is 0. The predicted molar refractivity (Wildman–Crippen MR) is 93.6 cm³/mol. The summed E-state index contributed by atoms with van der Waals surface area (Å²) in [5.74, 6) is 0.968. The average Bonchev–Trinajstić information content (AvgIpc) is 2.49. The third-order valence-corrected chi connectivity index (χ3v) is 7.31. The van der Waals surface area contributed by atoms with Gasteiger partial charge < -0.3 is 9.47 Å². The second kappa shape index (κ2) is 4.99. The van der Waals surface area contributed by atoms with Crippen LogP contribution in [-0.4, -0.2) is 23.3 Å².